The Hall–Kier alpha value is -2.34. The molecule has 1 aromatic heterocycles. The normalized spacial score (nSPS) is 16.0. The number of aromatic nitrogens is 1. The van der Waals surface area contributed by atoms with Gasteiger partial charge in [-0.3, -0.25) is 9.59 Å². The summed E-state index contributed by atoms with van der Waals surface area (Å²) < 4.78 is 1.97. The zero-order valence-electron chi connectivity index (χ0n) is 17.9. The Morgan fingerprint density at radius 3 is 2.62 bits per heavy atom. The molecule has 6 nitrogen and oxygen atoms in total. The van der Waals surface area contributed by atoms with Gasteiger partial charge in [0, 0.05) is 42.3 Å². The molecule has 1 aliphatic rings. The SMILES string of the molecule is CCN(CC)C(=O)Cn1ccc2cc(NC(=O)CC(C)C3CCNCC3)ccc21. The van der Waals surface area contributed by atoms with E-state index in [0.717, 1.165) is 55.6 Å². The summed E-state index contributed by atoms with van der Waals surface area (Å²) in [5.41, 5.74) is 1.82. The average Bonchev–Trinajstić information content (AvgIpc) is 3.11. The van der Waals surface area contributed by atoms with E-state index >= 15 is 0 Å². The van der Waals surface area contributed by atoms with Gasteiger partial charge in [-0.15, -0.1) is 0 Å². The van der Waals surface area contributed by atoms with Crippen LogP contribution in [0.2, 0.25) is 0 Å². The third kappa shape index (κ3) is 5.38. The van der Waals surface area contributed by atoms with Crippen LogP contribution in [0.1, 0.15) is 40.0 Å². The number of carbonyl (C=O) groups excluding carboxylic acids is 2. The summed E-state index contributed by atoms with van der Waals surface area (Å²) in [6.45, 7) is 10.1. The molecule has 1 unspecified atom stereocenters. The maximum absolute atomic E-state index is 12.5. The number of carbonyl (C=O) groups is 2. The number of amides is 2. The van der Waals surface area contributed by atoms with Gasteiger partial charge < -0.3 is 20.1 Å². The largest absolute Gasteiger partial charge is 0.342 e. The minimum Gasteiger partial charge on any atom is -0.342 e. The van der Waals surface area contributed by atoms with Crippen LogP contribution in [0.25, 0.3) is 10.9 Å². The molecule has 3 rings (SSSR count). The Bertz CT molecular complexity index is 835. The van der Waals surface area contributed by atoms with Crippen LogP contribution in [0, 0.1) is 11.8 Å². The molecule has 1 aliphatic heterocycles. The highest BCUT2D eigenvalue weighted by atomic mass is 16.2. The minimum atomic E-state index is 0.0755. The van der Waals surface area contributed by atoms with E-state index in [0.29, 0.717) is 24.8 Å². The zero-order valence-corrected chi connectivity index (χ0v) is 17.9. The Labute approximate surface area is 173 Å². The van der Waals surface area contributed by atoms with E-state index in [2.05, 4.69) is 17.6 Å². The topological polar surface area (TPSA) is 66.4 Å². The van der Waals surface area contributed by atoms with Crippen LogP contribution >= 0.6 is 0 Å². The van der Waals surface area contributed by atoms with Gasteiger partial charge in [0.25, 0.3) is 0 Å². The van der Waals surface area contributed by atoms with Crippen LogP contribution in [0.15, 0.2) is 30.5 Å². The third-order valence-corrected chi connectivity index (χ3v) is 6.17. The van der Waals surface area contributed by atoms with Crippen molar-refractivity contribution in [3.63, 3.8) is 0 Å². The van der Waals surface area contributed by atoms with E-state index in [4.69, 9.17) is 0 Å². The Kier molecular flexibility index (Phi) is 7.31. The predicted octanol–water partition coefficient (Wildman–Crippen LogP) is 3.47. The summed E-state index contributed by atoms with van der Waals surface area (Å²) in [7, 11) is 0. The molecule has 1 saturated heterocycles. The van der Waals surface area contributed by atoms with Gasteiger partial charge in [-0.05, 0) is 75.9 Å². The van der Waals surface area contributed by atoms with Crippen LogP contribution in [-0.2, 0) is 16.1 Å². The summed E-state index contributed by atoms with van der Waals surface area (Å²) in [6, 6.07) is 7.89. The van der Waals surface area contributed by atoms with Gasteiger partial charge >= 0.3 is 0 Å². The second kappa shape index (κ2) is 9.92. The van der Waals surface area contributed by atoms with Gasteiger partial charge in [-0.1, -0.05) is 6.92 Å². The lowest BCUT2D eigenvalue weighted by Crippen LogP contribution is -2.33. The van der Waals surface area contributed by atoms with Crippen molar-refractivity contribution in [3.05, 3.63) is 30.5 Å². The molecule has 0 radical (unpaired) electrons. The van der Waals surface area contributed by atoms with Crippen molar-refractivity contribution in [2.24, 2.45) is 11.8 Å². The van der Waals surface area contributed by atoms with E-state index in [-0.39, 0.29) is 11.8 Å². The first-order valence-corrected chi connectivity index (χ1v) is 10.9. The molecule has 1 aromatic carbocycles. The van der Waals surface area contributed by atoms with Crippen LogP contribution in [0.5, 0.6) is 0 Å². The van der Waals surface area contributed by atoms with E-state index in [1.807, 2.05) is 53.8 Å². The molecule has 29 heavy (non-hydrogen) atoms. The number of nitrogens with zero attached hydrogens (tertiary/aromatic N) is 2. The summed E-state index contributed by atoms with van der Waals surface area (Å²) >= 11 is 0. The number of hydrogen-bond acceptors (Lipinski definition) is 3. The van der Waals surface area contributed by atoms with Gasteiger partial charge in [-0.25, -0.2) is 0 Å². The van der Waals surface area contributed by atoms with Crippen molar-refractivity contribution >= 4 is 28.4 Å². The Balaban J connectivity index is 1.61. The predicted molar refractivity (Wildman–Crippen MR) is 118 cm³/mol. The molecule has 0 spiro atoms. The molecule has 1 fully saturated rings. The van der Waals surface area contributed by atoms with E-state index < -0.39 is 0 Å². The molecule has 158 valence electrons. The third-order valence-electron chi connectivity index (χ3n) is 6.17. The fourth-order valence-corrected chi connectivity index (χ4v) is 4.32. The van der Waals surface area contributed by atoms with Crippen molar-refractivity contribution in [1.82, 2.24) is 14.8 Å². The minimum absolute atomic E-state index is 0.0755. The summed E-state index contributed by atoms with van der Waals surface area (Å²) in [6.07, 6.45) is 4.80. The lowest BCUT2D eigenvalue weighted by atomic mass is 9.84. The molecule has 0 saturated carbocycles. The first-order valence-electron chi connectivity index (χ1n) is 10.9. The van der Waals surface area contributed by atoms with E-state index in [9.17, 15) is 9.59 Å². The number of nitrogens with one attached hydrogen (secondary N) is 2. The molecular weight excluding hydrogens is 364 g/mol. The molecule has 6 heteroatoms. The maximum atomic E-state index is 12.5. The highest BCUT2D eigenvalue weighted by Gasteiger charge is 2.22. The number of likely N-dealkylation sites (N-methyl/N-ethyl adjacent to an activating group) is 1. The quantitative estimate of drug-likeness (QED) is 0.715. The molecular formula is C23H34N4O2. The average molecular weight is 399 g/mol. The van der Waals surface area contributed by atoms with Gasteiger partial charge in [-0.2, -0.15) is 0 Å². The molecule has 2 amide bonds. The summed E-state index contributed by atoms with van der Waals surface area (Å²) in [5, 5.41) is 7.46. The highest BCUT2D eigenvalue weighted by Crippen LogP contribution is 2.25. The maximum Gasteiger partial charge on any atom is 0.242 e. The molecule has 2 N–H and O–H groups in total. The number of hydrogen-bond donors (Lipinski definition) is 2. The fourth-order valence-electron chi connectivity index (χ4n) is 4.32. The zero-order chi connectivity index (χ0) is 20.8. The first kappa shape index (κ1) is 21.4. The standard InChI is InChI=1S/C23H34N4O2/c1-4-26(5-2)23(29)16-27-13-10-19-15-20(6-7-21(19)27)25-22(28)14-17(3)18-8-11-24-12-9-18/h6-7,10,13,15,17-18,24H,4-5,8-9,11-12,14,16H2,1-3H3,(H,25,28). The summed E-state index contributed by atoms with van der Waals surface area (Å²) in [5.74, 6) is 1.22. The van der Waals surface area contributed by atoms with Crippen molar-refractivity contribution in [2.45, 2.75) is 46.6 Å². The van der Waals surface area contributed by atoms with Crippen LogP contribution in [-0.4, -0.2) is 47.5 Å². The smallest absolute Gasteiger partial charge is 0.242 e. The van der Waals surface area contributed by atoms with Gasteiger partial charge in [0.1, 0.15) is 6.54 Å². The molecule has 0 bridgehead atoms. The van der Waals surface area contributed by atoms with Gasteiger partial charge in [0.05, 0.1) is 0 Å². The molecule has 2 aromatic rings. The van der Waals surface area contributed by atoms with E-state index in [1.165, 1.54) is 0 Å². The van der Waals surface area contributed by atoms with Crippen LogP contribution in [0.4, 0.5) is 5.69 Å². The molecule has 1 atom stereocenters. The van der Waals surface area contributed by atoms with Gasteiger partial charge in [0.2, 0.25) is 11.8 Å². The second-order valence-corrected chi connectivity index (χ2v) is 8.10. The van der Waals surface area contributed by atoms with Crippen molar-refractivity contribution in [2.75, 3.05) is 31.5 Å². The Morgan fingerprint density at radius 2 is 1.93 bits per heavy atom. The molecule has 2 heterocycles. The number of anilines is 1. The highest BCUT2D eigenvalue weighted by molar-refractivity contribution is 5.94. The monoisotopic (exact) mass is 398 g/mol. The fraction of sp³-hybridized carbons (Fsp3) is 0.565. The number of benzene rings is 1. The second-order valence-electron chi connectivity index (χ2n) is 8.10. The van der Waals surface area contributed by atoms with Crippen molar-refractivity contribution in [1.29, 1.82) is 0 Å². The number of piperidine rings is 1. The lowest BCUT2D eigenvalue weighted by molar-refractivity contribution is -0.131. The number of rotatable bonds is 8. The van der Waals surface area contributed by atoms with Crippen molar-refractivity contribution < 1.29 is 9.59 Å². The first-order chi connectivity index (χ1) is 14.0. The van der Waals surface area contributed by atoms with E-state index in [1.54, 1.807) is 0 Å². The van der Waals surface area contributed by atoms with Crippen molar-refractivity contribution in [3.8, 4) is 0 Å². The lowest BCUT2D eigenvalue weighted by Gasteiger charge is -2.27. The van der Waals surface area contributed by atoms with Crippen LogP contribution < -0.4 is 10.6 Å². The molecule has 0 aliphatic carbocycles. The summed E-state index contributed by atoms with van der Waals surface area (Å²) in [4.78, 5) is 26.8. The van der Waals surface area contributed by atoms with Crippen LogP contribution in [0.3, 0.4) is 0 Å². The van der Waals surface area contributed by atoms with Gasteiger partial charge in [0.15, 0.2) is 0 Å². The number of fused-ring (bicyclic) bond motifs is 1. The Morgan fingerprint density at radius 1 is 1.21 bits per heavy atom.